The van der Waals surface area contributed by atoms with Crippen molar-refractivity contribution < 1.29 is 9.47 Å². The van der Waals surface area contributed by atoms with E-state index in [9.17, 15) is 0 Å². The van der Waals surface area contributed by atoms with E-state index in [2.05, 4.69) is 16.4 Å². The number of anilines is 1. The molecule has 1 aliphatic heterocycles. The number of guanidine groups is 1. The number of ether oxygens (including phenoxy) is 2. The van der Waals surface area contributed by atoms with E-state index in [0.29, 0.717) is 12.5 Å². The molecule has 0 saturated heterocycles. The van der Waals surface area contributed by atoms with Gasteiger partial charge in [-0.1, -0.05) is 18.2 Å². The predicted molar refractivity (Wildman–Crippen MR) is 87.7 cm³/mol. The van der Waals surface area contributed by atoms with E-state index >= 15 is 0 Å². The van der Waals surface area contributed by atoms with Gasteiger partial charge in [-0.2, -0.15) is 0 Å². The molecule has 0 saturated carbocycles. The highest BCUT2D eigenvalue weighted by atomic mass is 16.5. The minimum atomic E-state index is 0.0496. The van der Waals surface area contributed by atoms with Crippen LogP contribution in [0.15, 0.2) is 53.5 Å². The first kappa shape index (κ1) is 14.3. The van der Waals surface area contributed by atoms with E-state index in [0.717, 1.165) is 23.6 Å². The summed E-state index contributed by atoms with van der Waals surface area (Å²) in [5.41, 5.74) is 8.01. The summed E-state index contributed by atoms with van der Waals surface area (Å²) < 4.78 is 10.9. The van der Waals surface area contributed by atoms with E-state index in [-0.39, 0.29) is 6.10 Å². The van der Waals surface area contributed by atoms with Crippen molar-refractivity contribution in [3.63, 3.8) is 0 Å². The minimum absolute atomic E-state index is 0.0496. The predicted octanol–water partition coefficient (Wildman–Crippen LogP) is 2.43. The highest BCUT2D eigenvalue weighted by Gasteiger charge is 2.21. The second-order valence-electron chi connectivity index (χ2n) is 5.13. The molecule has 2 aromatic rings. The number of rotatable bonds is 4. The van der Waals surface area contributed by atoms with Crippen LogP contribution in [0.5, 0.6) is 11.5 Å². The Morgan fingerprint density at radius 3 is 2.77 bits per heavy atom. The molecule has 1 atom stereocenters. The third-order valence-corrected chi connectivity index (χ3v) is 3.54. The Bertz CT molecular complexity index is 643. The zero-order valence-electron chi connectivity index (χ0n) is 12.5. The average molecular weight is 297 g/mol. The molecule has 0 bridgehead atoms. The van der Waals surface area contributed by atoms with Crippen LogP contribution in [-0.2, 0) is 6.42 Å². The van der Waals surface area contributed by atoms with Crippen LogP contribution in [0.1, 0.15) is 5.56 Å². The van der Waals surface area contributed by atoms with Crippen LogP contribution in [-0.4, -0.2) is 25.7 Å². The summed E-state index contributed by atoms with van der Waals surface area (Å²) in [5, 5.41) is 3.05. The molecule has 0 aromatic heterocycles. The maximum absolute atomic E-state index is 5.91. The number of fused-ring (bicyclic) bond motifs is 1. The molecule has 22 heavy (non-hydrogen) atoms. The Morgan fingerprint density at radius 1 is 1.27 bits per heavy atom. The Morgan fingerprint density at radius 2 is 2.05 bits per heavy atom. The van der Waals surface area contributed by atoms with E-state index in [1.54, 1.807) is 7.11 Å². The molecule has 0 amide bonds. The van der Waals surface area contributed by atoms with Crippen LogP contribution in [0.2, 0.25) is 0 Å². The molecule has 3 rings (SSSR count). The van der Waals surface area contributed by atoms with Gasteiger partial charge in [-0.3, -0.25) is 0 Å². The summed E-state index contributed by atoms with van der Waals surface area (Å²) in [6.07, 6.45) is 0.920. The van der Waals surface area contributed by atoms with Gasteiger partial charge in [0.1, 0.15) is 17.6 Å². The zero-order chi connectivity index (χ0) is 15.4. The molecule has 3 N–H and O–H groups in total. The monoisotopic (exact) mass is 297 g/mol. The van der Waals surface area contributed by atoms with E-state index in [1.807, 2.05) is 42.5 Å². The fraction of sp³-hybridized carbons (Fsp3) is 0.235. The summed E-state index contributed by atoms with van der Waals surface area (Å²) in [4.78, 5) is 4.35. The van der Waals surface area contributed by atoms with Gasteiger partial charge in [0.05, 0.1) is 13.7 Å². The molecular weight excluding hydrogens is 278 g/mol. The SMILES string of the molecule is COc1ccc(NC(N)=NCC2Cc3ccccc3O2)cc1. The standard InChI is InChI=1S/C17H19N3O2/c1-21-14-8-6-13(7-9-14)20-17(18)19-11-15-10-12-4-2-3-5-16(12)22-15/h2-9,15H,10-11H2,1H3,(H3,18,19,20). The van der Waals surface area contributed by atoms with E-state index < -0.39 is 0 Å². The van der Waals surface area contributed by atoms with Gasteiger partial charge >= 0.3 is 0 Å². The van der Waals surface area contributed by atoms with Crippen molar-refractivity contribution in [3.8, 4) is 11.5 Å². The Kier molecular flexibility index (Phi) is 4.14. The Labute approximate surface area is 129 Å². The van der Waals surface area contributed by atoms with Gasteiger partial charge in [0.15, 0.2) is 5.96 Å². The summed E-state index contributed by atoms with van der Waals surface area (Å²) in [7, 11) is 1.64. The molecule has 1 heterocycles. The molecule has 0 spiro atoms. The summed E-state index contributed by atoms with van der Waals surface area (Å²) in [6.45, 7) is 0.531. The lowest BCUT2D eigenvalue weighted by Gasteiger charge is -2.10. The van der Waals surface area contributed by atoms with Crippen molar-refractivity contribution in [2.75, 3.05) is 19.0 Å². The van der Waals surface area contributed by atoms with Gasteiger partial charge < -0.3 is 20.5 Å². The van der Waals surface area contributed by atoms with Crippen molar-refractivity contribution in [3.05, 3.63) is 54.1 Å². The molecular formula is C17H19N3O2. The molecule has 114 valence electrons. The molecule has 2 aromatic carbocycles. The number of methoxy groups -OCH3 is 1. The van der Waals surface area contributed by atoms with Crippen LogP contribution in [0.25, 0.3) is 0 Å². The van der Waals surface area contributed by atoms with Crippen LogP contribution >= 0.6 is 0 Å². The lowest BCUT2D eigenvalue weighted by molar-refractivity contribution is 0.242. The number of hydrogen-bond donors (Lipinski definition) is 2. The largest absolute Gasteiger partial charge is 0.497 e. The quantitative estimate of drug-likeness (QED) is 0.672. The number of benzene rings is 2. The van der Waals surface area contributed by atoms with Crippen LogP contribution in [0, 0.1) is 0 Å². The number of hydrogen-bond acceptors (Lipinski definition) is 3. The van der Waals surface area contributed by atoms with Crippen molar-refractivity contribution in [1.29, 1.82) is 0 Å². The Hall–Kier alpha value is -2.69. The molecule has 5 nitrogen and oxygen atoms in total. The third kappa shape index (κ3) is 3.31. The van der Waals surface area contributed by atoms with Crippen molar-refractivity contribution in [1.82, 2.24) is 0 Å². The smallest absolute Gasteiger partial charge is 0.193 e. The molecule has 0 radical (unpaired) electrons. The molecule has 1 aliphatic rings. The molecule has 0 fully saturated rings. The first-order chi connectivity index (χ1) is 10.7. The Balaban J connectivity index is 1.54. The van der Waals surface area contributed by atoms with Gasteiger partial charge in [-0.05, 0) is 35.9 Å². The normalized spacial score (nSPS) is 16.8. The van der Waals surface area contributed by atoms with Crippen LogP contribution < -0.4 is 20.5 Å². The lowest BCUT2D eigenvalue weighted by Crippen LogP contribution is -2.26. The van der Waals surface area contributed by atoms with Gasteiger partial charge in [-0.25, -0.2) is 4.99 Å². The number of para-hydroxylation sites is 1. The first-order valence-electron chi connectivity index (χ1n) is 7.20. The number of nitrogens with two attached hydrogens (primary N) is 1. The topological polar surface area (TPSA) is 68.9 Å². The summed E-state index contributed by atoms with van der Waals surface area (Å²) in [6, 6.07) is 15.6. The third-order valence-electron chi connectivity index (χ3n) is 3.54. The van der Waals surface area contributed by atoms with Gasteiger partial charge in [-0.15, -0.1) is 0 Å². The second-order valence-corrected chi connectivity index (χ2v) is 5.13. The second kappa shape index (κ2) is 6.39. The fourth-order valence-electron chi connectivity index (χ4n) is 2.42. The molecule has 5 heteroatoms. The van der Waals surface area contributed by atoms with Gasteiger partial charge in [0.25, 0.3) is 0 Å². The van der Waals surface area contributed by atoms with Crippen LogP contribution in [0.4, 0.5) is 5.69 Å². The molecule has 1 unspecified atom stereocenters. The zero-order valence-corrected chi connectivity index (χ0v) is 12.5. The average Bonchev–Trinajstić information content (AvgIpc) is 2.96. The van der Waals surface area contributed by atoms with Crippen molar-refractivity contribution in [2.45, 2.75) is 12.5 Å². The van der Waals surface area contributed by atoms with E-state index in [4.69, 9.17) is 15.2 Å². The number of aliphatic imine (C=N–C) groups is 1. The maximum atomic E-state index is 5.91. The number of nitrogens with zero attached hydrogens (tertiary/aromatic N) is 1. The number of nitrogens with one attached hydrogen (secondary N) is 1. The highest BCUT2D eigenvalue weighted by Crippen LogP contribution is 2.28. The van der Waals surface area contributed by atoms with Crippen molar-refractivity contribution >= 4 is 11.6 Å². The fourth-order valence-corrected chi connectivity index (χ4v) is 2.42. The lowest BCUT2D eigenvalue weighted by atomic mass is 10.1. The summed E-state index contributed by atoms with van der Waals surface area (Å²) >= 11 is 0. The maximum Gasteiger partial charge on any atom is 0.193 e. The van der Waals surface area contributed by atoms with Gasteiger partial charge in [0, 0.05) is 12.1 Å². The van der Waals surface area contributed by atoms with Gasteiger partial charge in [0.2, 0.25) is 0 Å². The van der Waals surface area contributed by atoms with Crippen LogP contribution in [0.3, 0.4) is 0 Å². The van der Waals surface area contributed by atoms with Crippen molar-refractivity contribution in [2.24, 2.45) is 10.7 Å². The highest BCUT2D eigenvalue weighted by molar-refractivity contribution is 5.92. The van der Waals surface area contributed by atoms with E-state index in [1.165, 1.54) is 5.56 Å². The first-order valence-corrected chi connectivity index (χ1v) is 7.20. The molecule has 0 aliphatic carbocycles. The minimum Gasteiger partial charge on any atom is -0.497 e. The summed E-state index contributed by atoms with van der Waals surface area (Å²) in [5.74, 6) is 2.13.